The van der Waals surface area contributed by atoms with E-state index in [-0.39, 0.29) is 12.3 Å². The van der Waals surface area contributed by atoms with Crippen LogP contribution in [-0.4, -0.2) is 6.85 Å². The van der Waals surface area contributed by atoms with Gasteiger partial charge in [0.1, 0.15) is 0 Å². The van der Waals surface area contributed by atoms with Gasteiger partial charge in [-0.15, -0.1) is 22.7 Å². The molecule has 1 aliphatic carbocycles. The molecule has 0 amide bonds. The van der Waals surface area contributed by atoms with Crippen molar-refractivity contribution in [2.75, 3.05) is 9.71 Å². The summed E-state index contributed by atoms with van der Waals surface area (Å²) in [6.45, 7) is 7.14. The summed E-state index contributed by atoms with van der Waals surface area (Å²) in [4.78, 5) is 5.42. The average molecular weight is 831 g/mol. The van der Waals surface area contributed by atoms with Crippen LogP contribution in [0.5, 0.6) is 0 Å². The SMILES string of the molecule is CCCCc1ccc(N2c3cc4c(c5c3B(c3c2sc2ccccc32)N(c2ccccc2)c2c-5ccc3c2sc2ccccc23)C(C)(C)c2ccccc2-4)c(-c2ccccc2)c1. The van der Waals surface area contributed by atoms with Gasteiger partial charge in [-0.3, -0.25) is 0 Å². The second-order valence-corrected chi connectivity index (χ2v) is 19.9. The van der Waals surface area contributed by atoms with E-state index in [9.17, 15) is 0 Å². The van der Waals surface area contributed by atoms with Gasteiger partial charge in [0.15, 0.2) is 0 Å². The number of hydrogen-bond acceptors (Lipinski definition) is 4. The summed E-state index contributed by atoms with van der Waals surface area (Å²) in [6.07, 6.45) is 3.42. The topological polar surface area (TPSA) is 6.48 Å². The molecule has 0 atom stereocenters. The third-order valence-electron chi connectivity index (χ3n) is 14.0. The van der Waals surface area contributed by atoms with Crippen molar-refractivity contribution < 1.29 is 0 Å². The van der Waals surface area contributed by atoms with E-state index in [2.05, 4.69) is 200 Å². The molecule has 8 aromatic carbocycles. The van der Waals surface area contributed by atoms with Gasteiger partial charge in [-0.1, -0.05) is 155 Å². The van der Waals surface area contributed by atoms with Gasteiger partial charge in [0.25, 0.3) is 0 Å². The van der Waals surface area contributed by atoms with Crippen LogP contribution >= 0.6 is 22.7 Å². The number of fused-ring (bicyclic) bond motifs is 14. The molecule has 0 unspecified atom stereocenters. The molecule has 5 heteroatoms. The Bertz CT molecular complexity index is 3450. The van der Waals surface area contributed by atoms with Gasteiger partial charge in [0.05, 0.1) is 21.1 Å². The molecule has 2 aliphatic heterocycles. The van der Waals surface area contributed by atoms with E-state index >= 15 is 0 Å². The molecular formula is C57H43BN2S2. The zero-order valence-corrected chi connectivity index (χ0v) is 36.7. The van der Waals surface area contributed by atoms with Crippen molar-refractivity contribution in [3.05, 3.63) is 187 Å². The summed E-state index contributed by atoms with van der Waals surface area (Å²) in [5.74, 6) is 0. The fourth-order valence-electron chi connectivity index (χ4n) is 11.3. The lowest BCUT2D eigenvalue weighted by atomic mass is 9.43. The van der Waals surface area contributed by atoms with Crippen LogP contribution in [0.4, 0.5) is 27.8 Å². The first-order chi connectivity index (χ1) is 30.5. The van der Waals surface area contributed by atoms with Gasteiger partial charge in [-0.2, -0.15) is 0 Å². The average Bonchev–Trinajstić information content (AvgIpc) is 3.97. The number of anilines is 5. The molecular weight excluding hydrogens is 788 g/mol. The summed E-state index contributed by atoms with van der Waals surface area (Å²) in [6, 6.07) is 64.5. The summed E-state index contributed by atoms with van der Waals surface area (Å²) in [5, 5.41) is 5.28. The first-order valence-electron chi connectivity index (χ1n) is 22.1. The van der Waals surface area contributed by atoms with Crippen LogP contribution in [0.3, 0.4) is 0 Å². The maximum atomic E-state index is 2.74. The molecule has 0 spiro atoms. The number of para-hydroxylation sites is 1. The zero-order chi connectivity index (χ0) is 41.3. The summed E-state index contributed by atoms with van der Waals surface area (Å²) in [5.41, 5.74) is 19.8. The number of benzene rings is 8. The Balaban J connectivity index is 1.23. The van der Waals surface area contributed by atoms with E-state index in [4.69, 9.17) is 0 Å². The Morgan fingerprint density at radius 2 is 1.27 bits per heavy atom. The fraction of sp³-hybridized carbons (Fsp3) is 0.123. The molecule has 10 aromatic rings. The number of thiophene rings is 2. The van der Waals surface area contributed by atoms with Crippen LogP contribution in [0, 0.1) is 0 Å². The first-order valence-corrected chi connectivity index (χ1v) is 23.7. The lowest BCUT2D eigenvalue weighted by Gasteiger charge is -2.46. The Hall–Kier alpha value is -6.40. The molecule has 0 N–H and O–H groups in total. The highest BCUT2D eigenvalue weighted by atomic mass is 32.1. The van der Waals surface area contributed by atoms with Crippen molar-refractivity contribution in [3.8, 4) is 33.4 Å². The normalized spacial score (nSPS) is 14.3. The monoisotopic (exact) mass is 830 g/mol. The van der Waals surface area contributed by atoms with E-state index in [1.807, 2.05) is 22.7 Å². The lowest BCUT2D eigenvalue weighted by Crippen LogP contribution is -2.61. The standard InChI is InChI=1S/C57H43BN2S2/c1-4-5-18-35-29-32-46(43(33-35)36-19-8-6-9-20-36)59-47-34-44-38-23-12-15-26-45(38)57(2,3)51(44)50-42-31-30-40-39-24-13-16-27-48(39)61-55(40)54(42)60(37-21-10-7-11-22-37)58(53(47)50)52-41-25-14-17-28-49(41)62-56(52)59/h6-17,19-34H,4-5,18H2,1-3H3. The lowest BCUT2D eigenvalue weighted by molar-refractivity contribution is 0.662. The second-order valence-electron chi connectivity index (χ2n) is 17.8. The van der Waals surface area contributed by atoms with Gasteiger partial charge in [-0.25, -0.2) is 0 Å². The van der Waals surface area contributed by atoms with Crippen LogP contribution < -0.4 is 20.6 Å². The molecule has 0 radical (unpaired) electrons. The van der Waals surface area contributed by atoms with Crippen LogP contribution in [-0.2, 0) is 11.8 Å². The molecule has 2 aromatic heterocycles. The molecule has 3 aliphatic rings. The number of aryl methyl sites for hydroxylation is 1. The van der Waals surface area contributed by atoms with Crippen molar-refractivity contribution in [2.24, 2.45) is 0 Å². The van der Waals surface area contributed by atoms with Crippen molar-refractivity contribution in [1.29, 1.82) is 0 Å². The minimum Gasteiger partial charge on any atom is -0.375 e. The minimum atomic E-state index is -0.222. The van der Waals surface area contributed by atoms with Crippen molar-refractivity contribution >= 4 is 98.5 Å². The minimum absolute atomic E-state index is 0.0815. The smallest absolute Gasteiger partial charge is 0.334 e. The van der Waals surface area contributed by atoms with Crippen LogP contribution in [0.15, 0.2) is 170 Å². The molecule has 4 heterocycles. The van der Waals surface area contributed by atoms with Crippen LogP contribution in [0.1, 0.15) is 50.3 Å². The predicted molar refractivity (Wildman–Crippen MR) is 270 cm³/mol. The molecule has 0 saturated heterocycles. The van der Waals surface area contributed by atoms with Crippen molar-refractivity contribution in [2.45, 2.75) is 45.4 Å². The quantitative estimate of drug-likeness (QED) is 0.154. The number of unbranched alkanes of at least 4 members (excludes halogenated alkanes) is 1. The van der Waals surface area contributed by atoms with Crippen molar-refractivity contribution in [1.82, 2.24) is 0 Å². The number of rotatable bonds is 6. The first kappa shape index (κ1) is 36.3. The molecule has 13 rings (SSSR count). The maximum absolute atomic E-state index is 2.74. The third kappa shape index (κ3) is 4.98. The van der Waals surface area contributed by atoms with Gasteiger partial charge in [0, 0.05) is 48.1 Å². The summed E-state index contributed by atoms with van der Waals surface area (Å²) >= 11 is 3.89. The van der Waals surface area contributed by atoms with Gasteiger partial charge in [0.2, 0.25) is 0 Å². The van der Waals surface area contributed by atoms with Gasteiger partial charge < -0.3 is 9.71 Å². The van der Waals surface area contributed by atoms with E-state index in [1.165, 1.54) is 132 Å². The number of hydrogen-bond donors (Lipinski definition) is 0. The summed E-state index contributed by atoms with van der Waals surface area (Å²) in [7, 11) is 0. The van der Waals surface area contributed by atoms with E-state index in [0.29, 0.717) is 0 Å². The third-order valence-corrected chi connectivity index (χ3v) is 16.4. The zero-order valence-electron chi connectivity index (χ0n) is 35.1. The Morgan fingerprint density at radius 3 is 2.08 bits per heavy atom. The maximum Gasteiger partial charge on any atom is 0.334 e. The van der Waals surface area contributed by atoms with Crippen molar-refractivity contribution in [3.63, 3.8) is 0 Å². The van der Waals surface area contributed by atoms with Crippen LogP contribution in [0.25, 0.3) is 63.6 Å². The Labute approximate surface area is 371 Å². The Morgan fingerprint density at radius 1 is 0.565 bits per heavy atom. The predicted octanol–water partition coefficient (Wildman–Crippen LogP) is 15.3. The number of nitrogens with zero attached hydrogens (tertiary/aromatic N) is 2. The molecule has 0 saturated carbocycles. The second kappa shape index (κ2) is 13.6. The molecule has 2 nitrogen and oxygen atoms in total. The summed E-state index contributed by atoms with van der Waals surface area (Å²) < 4.78 is 3.99. The molecule has 0 bridgehead atoms. The van der Waals surface area contributed by atoms with Crippen LogP contribution in [0.2, 0.25) is 0 Å². The van der Waals surface area contributed by atoms with E-state index in [1.54, 1.807) is 0 Å². The highest BCUT2D eigenvalue weighted by Gasteiger charge is 2.51. The van der Waals surface area contributed by atoms with E-state index < -0.39 is 0 Å². The highest BCUT2D eigenvalue weighted by molar-refractivity contribution is 7.27. The van der Waals surface area contributed by atoms with Gasteiger partial charge in [-0.05, 0) is 111 Å². The van der Waals surface area contributed by atoms with E-state index in [0.717, 1.165) is 6.42 Å². The molecule has 296 valence electrons. The van der Waals surface area contributed by atoms with Gasteiger partial charge >= 0.3 is 6.85 Å². The molecule has 62 heavy (non-hydrogen) atoms. The Kier molecular flexibility index (Phi) is 7.93. The largest absolute Gasteiger partial charge is 0.375 e. The molecule has 0 fully saturated rings. The highest BCUT2D eigenvalue weighted by Crippen LogP contribution is 2.60. The fourth-order valence-corrected chi connectivity index (χ4v) is 13.8.